The summed E-state index contributed by atoms with van der Waals surface area (Å²) >= 11 is 0. The van der Waals surface area contributed by atoms with Crippen molar-refractivity contribution in [1.82, 2.24) is 15.3 Å². The molecule has 0 aromatic heterocycles. The summed E-state index contributed by atoms with van der Waals surface area (Å²) in [6.45, 7) is 3.23. The molecule has 1 aliphatic heterocycles. The zero-order chi connectivity index (χ0) is 21.1. The quantitative estimate of drug-likeness (QED) is 0.731. The summed E-state index contributed by atoms with van der Waals surface area (Å²) in [5.74, 6) is -2.85. The summed E-state index contributed by atoms with van der Waals surface area (Å²) in [6, 6.07) is 13.1. The summed E-state index contributed by atoms with van der Waals surface area (Å²) < 4.78 is 0. The third kappa shape index (κ3) is 3.96. The molecule has 0 saturated carbocycles. The largest absolute Gasteiger partial charge is 0.480 e. The van der Waals surface area contributed by atoms with E-state index in [0.717, 1.165) is 10.0 Å². The van der Waals surface area contributed by atoms with Crippen molar-refractivity contribution in [3.05, 3.63) is 71.3 Å². The minimum Gasteiger partial charge on any atom is -0.480 e. The van der Waals surface area contributed by atoms with Gasteiger partial charge in [-0.15, -0.1) is 0 Å². The van der Waals surface area contributed by atoms with Crippen LogP contribution in [-0.2, 0) is 11.3 Å². The van der Waals surface area contributed by atoms with Crippen LogP contribution in [0.2, 0.25) is 0 Å². The molecule has 8 nitrogen and oxygen atoms in total. The Labute approximate surface area is 167 Å². The van der Waals surface area contributed by atoms with E-state index in [-0.39, 0.29) is 17.7 Å². The number of aliphatic carboxylic acids is 1. The first-order valence-corrected chi connectivity index (χ1v) is 9.13. The number of urea groups is 1. The van der Waals surface area contributed by atoms with Gasteiger partial charge in [-0.05, 0) is 23.6 Å². The number of fused-ring (bicyclic) bond motifs is 1. The van der Waals surface area contributed by atoms with Crippen molar-refractivity contribution in [1.29, 1.82) is 0 Å². The van der Waals surface area contributed by atoms with Gasteiger partial charge in [0.2, 0.25) is 0 Å². The Bertz CT molecular complexity index is 923. The fourth-order valence-electron chi connectivity index (χ4n) is 3.11. The number of carboxylic acids is 1. The van der Waals surface area contributed by atoms with Gasteiger partial charge in [-0.25, -0.2) is 14.6 Å². The fraction of sp³-hybridized carbons (Fsp3) is 0.238. The van der Waals surface area contributed by atoms with Gasteiger partial charge in [-0.1, -0.05) is 56.3 Å². The molecule has 29 heavy (non-hydrogen) atoms. The Balaban J connectivity index is 1.96. The van der Waals surface area contributed by atoms with Crippen LogP contribution in [0.4, 0.5) is 4.79 Å². The number of hydrogen-bond acceptors (Lipinski definition) is 4. The van der Waals surface area contributed by atoms with Crippen LogP contribution in [0.3, 0.4) is 0 Å². The predicted molar refractivity (Wildman–Crippen MR) is 104 cm³/mol. The zero-order valence-corrected chi connectivity index (χ0v) is 16.0. The van der Waals surface area contributed by atoms with Crippen LogP contribution in [0.5, 0.6) is 0 Å². The van der Waals surface area contributed by atoms with E-state index in [0.29, 0.717) is 5.56 Å². The van der Waals surface area contributed by atoms with E-state index < -0.39 is 35.8 Å². The number of benzene rings is 2. The Morgan fingerprint density at radius 2 is 1.48 bits per heavy atom. The molecule has 0 spiro atoms. The molecule has 1 aliphatic rings. The maximum Gasteiger partial charge on any atom is 0.337 e. The molecular weight excluding hydrogens is 374 g/mol. The lowest BCUT2D eigenvalue weighted by Crippen LogP contribution is -2.56. The second-order valence-corrected chi connectivity index (χ2v) is 7.02. The molecule has 2 aromatic rings. The number of carboxylic acid groups (broad SMARTS) is 1. The molecule has 3 rings (SSSR count). The lowest BCUT2D eigenvalue weighted by molar-refractivity contribution is -0.140. The van der Waals surface area contributed by atoms with Crippen molar-refractivity contribution in [3.63, 3.8) is 0 Å². The minimum absolute atomic E-state index is 0.0808. The topological polar surface area (TPSA) is 107 Å². The molecule has 2 N–H and O–H groups in total. The van der Waals surface area contributed by atoms with E-state index in [1.807, 2.05) is 0 Å². The van der Waals surface area contributed by atoms with Gasteiger partial charge in [-0.3, -0.25) is 9.59 Å². The molecule has 0 aliphatic carbocycles. The number of hydrazine groups is 1. The van der Waals surface area contributed by atoms with Gasteiger partial charge in [0.1, 0.15) is 6.04 Å². The lowest BCUT2D eigenvalue weighted by Gasteiger charge is -2.31. The molecule has 1 unspecified atom stereocenters. The van der Waals surface area contributed by atoms with E-state index >= 15 is 0 Å². The van der Waals surface area contributed by atoms with Gasteiger partial charge in [0.25, 0.3) is 11.8 Å². The standard InChI is InChI=1S/C21H21N3O5/c1-13(2)17(20(27)28)22-21(29)23(12-14-8-4-3-5-9-14)24-18(25)15-10-6-7-11-16(15)19(24)26/h3-11,13,17H,12H2,1-2H3,(H,22,29)(H,27,28). The average molecular weight is 395 g/mol. The van der Waals surface area contributed by atoms with Crippen LogP contribution in [0.15, 0.2) is 54.6 Å². The third-order valence-corrected chi connectivity index (χ3v) is 4.64. The number of hydrogen-bond donors (Lipinski definition) is 2. The van der Waals surface area contributed by atoms with Crippen LogP contribution in [0.25, 0.3) is 0 Å². The Hall–Kier alpha value is -3.68. The number of nitrogens with one attached hydrogen (secondary N) is 1. The number of nitrogens with zero attached hydrogens (tertiary/aromatic N) is 2. The smallest absolute Gasteiger partial charge is 0.337 e. The van der Waals surface area contributed by atoms with E-state index in [9.17, 15) is 24.3 Å². The Kier molecular flexibility index (Phi) is 5.63. The SMILES string of the molecule is CC(C)C(NC(=O)N(Cc1ccccc1)N1C(=O)c2ccccc2C1=O)C(=O)O. The summed E-state index contributed by atoms with van der Waals surface area (Å²) in [5, 5.41) is 13.5. The average Bonchev–Trinajstić information content (AvgIpc) is 2.95. The van der Waals surface area contributed by atoms with Crippen LogP contribution < -0.4 is 5.32 Å². The van der Waals surface area contributed by atoms with Crippen molar-refractivity contribution in [3.8, 4) is 0 Å². The van der Waals surface area contributed by atoms with Gasteiger partial charge in [0, 0.05) is 0 Å². The molecule has 1 heterocycles. The lowest BCUT2D eigenvalue weighted by atomic mass is 10.1. The number of imide groups is 1. The predicted octanol–water partition coefficient (Wildman–Crippen LogP) is 2.52. The molecule has 0 saturated heterocycles. The minimum atomic E-state index is -1.20. The molecule has 8 heteroatoms. The summed E-state index contributed by atoms with van der Waals surface area (Å²) in [4.78, 5) is 50.2. The maximum atomic E-state index is 13.0. The highest BCUT2D eigenvalue weighted by molar-refractivity contribution is 6.21. The first-order valence-electron chi connectivity index (χ1n) is 9.13. The second kappa shape index (κ2) is 8.14. The van der Waals surface area contributed by atoms with Crippen LogP contribution in [0, 0.1) is 5.92 Å². The molecule has 2 aromatic carbocycles. The van der Waals surface area contributed by atoms with Gasteiger partial charge in [-0.2, -0.15) is 5.01 Å². The molecule has 1 atom stereocenters. The monoisotopic (exact) mass is 395 g/mol. The van der Waals surface area contributed by atoms with Crippen molar-refractivity contribution in [2.24, 2.45) is 5.92 Å². The van der Waals surface area contributed by atoms with E-state index in [1.54, 1.807) is 56.3 Å². The highest BCUT2D eigenvalue weighted by atomic mass is 16.4. The molecule has 150 valence electrons. The van der Waals surface area contributed by atoms with E-state index in [1.165, 1.54) is 12.1 Å². The molecule has 0 radical (unpaired) electrons. The summed E-state index contributed by atoms with van der Waals surface area (Å²) in [7, 11) is 0. The van der Waals surface area contributed by atoms with E-state index in [4.69, 9.17) is 0 Å². The van der Waals surface area contributed by atoms with Crippen molar-refractivity contribution in [2.45, 2.75) is 26.4 Å². The van der Waals surface area contributed by atoms with Gasteiger partial charge in [0.15, 0.2) is 0 Å². The number of rotatable bonds is 6. The molecule has 0 fully saturated rings. The second-order valence-electron chi connectivity index (χ2n) is 7.02. The zero-order valence-electron chi connectivity index (χ0n) is 16.0. The number of amides is 4. The first-order chi connectivity index (χ1) is 13.8. The van der Waals surface area contributed by atoms with Gasteiger partial charge in [0.05, 0.1) is 17.7 Å². The van der Waals surface area contributed by atoms with Crippen molar-refractivity contribution < 1.29 is 24.3 Å². The fourth-order valence-corrected chi connectivity index (χ4v) is 3.11. The maximum absolute atomic E-state index is 13.0. The van der Waals surface area contributed by atoms with Crippen molar-refractivity contribution in [2.75, 3.05) is 0 Å². The Morgan fingerprint density at radius 1 is 0.966 bits per heavy atom. The number of carbonyl (C=O) groups is 4. The normalized spacial score (nSPS) is 14.0. The highest BCUT2D eigenvalue weighted by Gasteiger charge is 2.42. The molecular formula is C21H21N3O5. The summed E-state index contributed by atoms with van der Waals surface area (Å²) in [5.41, 5.74) is 1.07. The van der Waals surface area contributed by atoms with Crippen LogP contribution in [0.1, 0.15) is 40.1 Å². The first kappa shape index (κ1) is 20.1. The third-order valence-electron chi connectivity index (χ3n) is 4.64. The molecule has 0 bridgehead atoms. The van der Waals surface area contributed by atoms with Crippen LogP contribution in [-0.4, -0.2) is 45.0 Å². The van der Waals surface area contributed by atoms with Gasteiger partial charge < -0.3 is 10.4 Å². The Morgan fingerprint density at radius 3 is 1.97 bits per heavy atom. The molecule has 4 amide bonds. The highest BCUT2D eigenvalue weighted by Crippen LogP contribution is 2.25. The van der Waals surface area contributed by atoms with Crippen molar-refractivity contribution >= 4 is 23.8 Å². The number of carbonyl (C=O) groups excluding carboxylic acids is 3. The van der Waals surface area contributed by atoms with Gasteiger partial charge >= 0.3 is 12.0 Å². The van der Waals surface area contributed by atoms with Crippen LogP contribution >= 0.6 is 0 Å². The summed E-state index contributed by atoms with van der Waals surface area (Å²) in [6.07, 6.45) is 0. The van der Waals surface area contributed by atoms with E-state index in [2.05, 4.69) is 5.32 Å².